The maximum atomic E-state index is 11.1. The molecule has 5 heteroatoms. The number of carbonyl (C=O) groups is 1. The molecule has 0 aromatic heterocycles. The quantitative estimate of drug-likeness (QED) is 0.569. The van der Waals surface area contributed by atoms with Gasteiger partial charge in [-0.2, -0.15) is 5.26 Å². The third-order valence-electron chi connectivity index (χ3n) is 2.37. The van der Waals surface area contributed by atoms with Gasteiger partial charge in [0.1, 0.15) is 11.8 Å². The molecule has 1 rings (SSSR count). The van der Waals surface area contributed by atoms with Gasteiger partial charge in [0.2, 0.25) is 0 Å². The summed E-state index contributed by atoms with van der Waals surface area (Å²) in [4.78, 5) is 11.1. The Morgan fingerprint density at radius 2 is 2.11 bits per heavy atom. The van der Waals surface area contributed by atoms with Crippen LogP contribution in [0.2, 0.25) is 0 Å². The minimum Gasteiger partial charge on any atom is -0.479 e. The summed E-state index contributed by atoms with van der Waals surface area (Å²) in [6.45, 7) is 3.53. The molecule has 102 valence electrons. The molecule has 1 aromatic carbocycles. The fourth-order valence-electron chi connectivity index (χ4n) is 1.48. The van der Waals surface area contributed by atoms with Crippen LogP contribution in [0.25, 0.3) is 0 Å². The van der Waals surface area contributed by atoms with Crippen molar-refractivity contribution in [1.29, 1.82) is 5.26 Å². The van der Waals surface area contributed by atoms with Gasteiger partial charge in [-0.3, -0.25) is 4.79 Å². The highest BCUT2D eigenvalue weighted by Crippen LogP contribution is 2.11. The molecule has 0 aliphatic carbocycles. The predicted octanol–water partition coefficient (Wildman–Crippen LogP) is 1.63. The molecule has 0 heterocycles. The molecular weight excluding hydrogens is 244 g/mol. The van der Waals surface area contributed by atoms with Crippen molar-refractivity contribution in [2.75, 3.05) is 19.8 Å². The smallest absolute Gasteiger partial charge is 0.307 e. The van der Waals surface area contributed by atoms with Crippen molar-refractivity contribution in [3.63, 3.8) is 0 Å². The third-order valence-corrected chi connectivity index (χ3v) is 2.37. The zero-order valence-electron chi connectivity index (χ0n) is 11.0. The highest BCUT2D eigenvalue weighted by Gasteiger charge is 2.00. The van der Waals surface area contributed by atoms with Crippen LogP contribution < -0.4 is 10.1 Å². The van der Waals surface area contributed by atoms with Gasteiger partial charge in [-0.05, 0) is 24.6 Å². The van der Waals surface area contributed by atoms with Crippen LogP contribution in [-0.2, 0) is 16.1 Å². The van der Waals surface area contributed by atoms with Crippen LogP contribution in [0.3, 0.4) is 0 Å². The predicted molar refractivity (Wildman–Crippen MR) is 70.5 cm³/mol. The van der Waals surface area contributed by atoms with Gasteiger partial charge in [0, 0.05) is 13.1 Å². The first kappa shape index (κ1) is 15.0. The number of nitrogens with one attached hydrogen (secondary N) is 1. The molecular formula is C14H18N2O3. The van der Waals surface area contributed by atoms with E-state index < -0.39 is 0 Å². The van der Waals surface area contributed by atoms with E-state index in [0.717, 1.165) is 5.56 Å². The highest BCUT2D eigenvalue weighted by molar-refractivity contribution is 5.69. The van der Waals surface area contributed by atoms with Crippen LogP contribution in [0.5, 0.6) is 5.75 Å². The first-order chi connectivity index (χ1) is 9.26. The van der Waals surface area contributed by atoms with Gasteiger partial charge >= 0.3 is 5.97 Å². The lowest BCUT2D eigenvalue weighted by Gasteiger charge is -2.06. The molecule has 0 aliphatic heterocycles. The zero-order valence-corrected chi connectivity index (χ0v) is 11.0. The van der Waals surface area contributed by atoms with E-state index in [2.05, 4.69) is 5.32 Å². The van der Waals surface area contributed by atoms with E-state index >= 15 is 0 Å². The van der Waals surface area contributed by atoms with E-state index in [4.69, 9.17) is 14.7 Å². The average Bonchev–Trinajstić information content (AvgIpc) is 2.43. The van der Waals surface area contributed by atoms with Gasteiger partial charge in [-0.15, -0.1) is 0 Å². The van der Waals surface area contributed by atoms with E-state index in [9.17, 15) is 4.79 Å². The van der Waals surface area contributed by atoms with Crippen LogP contribution in [0.15, 0.2) is 24.3 Å². The third kappa shape index (κ3) is 6.43. The number of hydrogen-bond acceptors (Lipinski definition) is 5. The van der Waals surface area contributed by atoms with Crippen LogP contribution in [0, 0.1) is 11.3 Å². The summed E-state index contributed by atoms with van der Waals surface area (Å²) in [5.41, 5.74) is 1.09. The Kier molecular flexibility index (Phi) is 7.06. The fourth-order valence-corrected chi connectivity index (χ4v) is 1.48. The maximum absolute atomic E-state index is 11.1. The first-order valence-corrected chi connectivity index (χ1v) is 6.21. The van der Waals surface area contributed by atoms with Gasteiger partial charge in [-0.1, -0.05) is 12.1 Å². The van der Waals surface area contributed by atoms with E-state index in [1.165, 1.54) is 0 Å². The van der Waals surface area contributed by atoms with Crippen molar-refractivity contribution in [2.24, 2.45) is 0 Å². The standard InChI is InChI=1S/C14H18N2O3/c1-2-18-14(17)7-9-16-11-12-3-5-13(6-4-12)19-10-8-15/h3-6,16H,2,7,9-11H2,1H3. The zero-order chi connectivity index (χ0) is 13.9. The van der Waals surface area contributed by atoms with Gasteiger partial charge in [0.05, 0.1) is 13.0 Å². The van der Waals surface area contributed by atoms with E-state index in [1.54, 1.807) is 6.92 Å². The molecule has 0 saturated heterocycles. The summed E-state index contributed by atoms with van der Waals surface area (Å²) in [5.74, 6) is 0.493. The number of benzene rings is 1. The molecule has 0 saturated carbocycles. The minimum atomic E-state index is -0.185. The van der Waals surface area contributed by atoms with Crippen molar-refractivity contribution >= 4 is 5.97 Å². The Hall–Kier alpha value is -2.06. The number of nitrogens with zero attached hydrogens (tertiary/aromatic N) is 1. The van der Waals surface area contributed by atoms with Crippen molar-refractivity contribution in [2.45, 2.75) is 19.9 Å². The summed E-state index contributed by atoms with van der Waals surface area (Å²) in [7, 11) is 0. The number of rotatable bonds is 8. The molecule has 0 unspecified atom stereocenters. The summed E-state index contributed by atoms with van der Waals surface area (Å²) in [6.07, 6.45) is 0.372. The summed E-state index contributed by atoms with van der Waals surface area (Å²) in [6, 6.07) is 9.39. The Bertz CT molecular complexity index is 423. The van der Waals surface area contributed by atoms with Crippen molar-refractivity contribution in [3.8, 4) is 11.8 Å². The Balaban J connectivity index is 2.23. The normalized spacial score (nSPS) is 9.68. The number of ether oxygens (including phenoxy) is 2. The molecule has 1 aromatic rings. The molecule has 1 N–H and O–H groups in total. The second-order valence-corrected chi connectivity index (χ2v) is 3.82. The van der Waals surface area contributed by atoms with Gasteiger partial charge in [0.25, 0.3) is 0 Å². The monoisotopic (exact) mass is 262 g/mol. The molecule has 0 fully saturated rings. The van der Waals surface area contributed by atoms with Crippen LogP contribution in [0.4, 0.5) is 0 Å². The lowest BCUT2D eigenvalue weighted by molar-refractivity contribution is -0.142. The summed E-state index contributed by atoms with van der Waals surface area (Å²) < 4.78 is 9.98. The minimum absolute atomic E-state index is 0.0527. The molecule has 0 radical (unpaired) electrons. The Morgan fingerprint density at radius 1 is 1.37 bits per heavy atom. The largest absolute Gasteiger partial charge is 0.479 e. The Labute approximate surface area is 113 Å². The van der Waals surface area contributed by atoms with Gasteiger partial charge in [-0.25, -0.2) is 0 Å². The van der Waals surface area contributed by atoms with Gasteiger partial charge < -0.3 is 14.8 Å². The SMILES string of the molecule is CCOC(=O)CCNCc1ccc(OCC#N)cc1. The topological polar surface area (TPSA) is 71.3 Å². The molecule has 0 bridgehead atoms. The second kappa shape index (κ2) is 8.95. The fraction of sp³-hybridized carbons (Fsp3) is 0.429. The van der Waals surface area contributed by atoms with Crippen LogP contribution in [-0.4, -0.2) is 25.7 Å². The van der Waals surface area contributed by atoms with Gasteiger partial charge in [0.15, 0.2) is 6.61 Å². The van der Waals surface area contributed by atoms with E-state index in [1.807, 2.05) is 30.3 Å². The molecule has 5 nitrogen and oxygen atoms in total. The highest BCUT2D eigenvalue weighted by atomic mass is 16.5. The molecule has 0 amide bonds. The number of carbonyl (C=O) groups excluding carboxylic acids is 1. The lowest BCUT2D eigenvalue weighted by Crippen LogP contribution is -2.19. The molecule has 0 spiro atoms. The molecule has 0 aliphatic rings. The average molecular weight is 262 g/mol. The first-order valence-electron chi connectivity index (χ1n) is 6.21. The molecule has 0 atom stereocenters. The lowest BCUT2D eigenvalue weighted by atomic mass is 10.2. The van der Waals surface area contributed by atoms with Crippen molar-refractivity contribution < 1.29 is 14.3 Å². The van der Waals surface area contributed by atoms with Crippen LogP contribution in [0.1, 0.15) is 18.9 Å². The number of nitriles is 1. The van der Waals surface area contributed by atoms with E-state index in [-0.39, 0.29) is 12.6 Å². The van der Waals surface area contributed by atoms with E-state index in [0.29, 0.717) is 31.9 Å². The summed E-state index contributed by atoms with van der Waals surface area (Å²) >= 11 is 0. The number of hydrogen-bond donors (Lipinski definition) is 1. The van der Waals surface area contributed by atoms with Crippen molar-refractivity contribution in [1.82, 2.24) is 5.32 Å². The molecule has 19 heavy (non-hydrogen) atoms. The Morgan fingerprint density at radius 3 is 2.74 bits per heavy atom. The second-order valence-electron chi connectivity index (χ2n) is 3.82. The maximum Gasteiger partial charge on any atom is 0.307 e. The van der Waals surface area contributed by atoms with Crippen LogP contribution >= 0.6 is 0 Å². The van der Waals surface area contributed by atoms with Crippen molar-refractivity contribution in [3.05, 3.63) is 29.8 Å². The number of esters is 1. The summed E-state index contributed by atoms with van der Waals surface area (Å²) in [5, 5.41) is 11.5.